The number of hydrogen-bond donors (Lipinski definition) is 15. The number of aromatic nitrogens is 8. The molecule has 9 amide bonds. The molecule has 0 bridgehead atoms. The molecule has 130 heavy (non-hydrogen) atoms. The molecule has 12 rings (SSSR count). The Kier molecular flexibility index (Phi) is 34.1. The van der Waals surface area contributed by atoms with Crippen molar-refractivity contribution in [3.8, 4) is 11.5 Å². The Bertz CT molecular complexity index is 5980. The third-order valence-electron chi connectivity index (χ3n) is 19.4. The molecule has 12 aromatic rings. The smallest absolute Gasteiger partial charge is 0.451 e. The van der Waals surface area contributed by atoms with E-state index in [1.807, 2.05) is 71.0 Å². The number of anilines is 7. The first-order valence-electron chi connectivity index (χ1n) is 40.0. The van der Waals surface area contributed by atoms with Gasteiger partial charge < -0.3 is 46.3 Å². The van der Waals surface area contributed by atoms with Crippen molar-refractivity contribution in [2.24, 2.45) is 0 Å². The van der Waals surface area contributed by atoms with E-state index in [2.05, 4.69) is 157 Å². The fourth-order valence-electron chi connectivity index (χ4n) is 12.0. The molecule has 0 aliphatic rings. The number of benzene rings is 8. The lowest BCUT2D eigenvalue weighted by Crippen LogP contribution is -2.43. The van der Waals surface area contributed by atoms with Crippen molar-refractivity contribution in [2.45, 2.75) is 143 Å². The van der Waals surface area contributed by atoms with E-state index in [1.54, 1.807) is 60.7 Å². The molecule has 43 heteroatoms. The van der Waals surface area contributed by atoms with Crippen LogP contribution < -0.4 is 79.5 Å². The predicted octanol–water partition coefficient (Wildman–Crippen LogP) is 18.9. The van der Waals surface area contributed by atoms with E-state index < -0.39 is 96.8 Å². The van der Waals surface area contributed by atoms with Gasteiger partial charge in [-0.2, -0.15) is 52.7 Å². The number of aliphatic hydroxyl groups excluding tert-OH is 2. The molecule has 3 unspecified atom stereocenters. The number of aliphatic hydroxyl groups is 2. The first-order valence-corrected chi connectivity index (χ1v) is 40.4. The van der Waals surface area contributed by atoms with Gasteiger partial charge in [0, 0.05) is 46.0 Å². The van der Waals surface area contributed by atoms with Crippen LogP contribution in [0.5, 0.6) is 11.5 Å². The molecule has 30 nitrogen and oxygen atoms in total. The monoisotopic (exact) mass is 1840 g/mol. The SMILES string of the molecule is CCC(C)c1cc(C(C)(C)CC)ccc1OCCCNC(=O)NNc1nc(C(F)(F)F)nc2ccccc12.CCC(Oc1ccc(C)cc1C)C(=O)Nc1ccc(Cl)c(NC(=O)NNc2nc(C(F)(F)F)nc3ccccc23)c1.Cc1ccc(NC(=O)NNc2nc(C(F)(F)F)nc3ccccc23)c(C)c1.O=C(NCC(O)CO)NNc1nc(C(F)(F)F)nc2ccccc12. The quantitative estimate of drug-likeness (QED) is 0.0129. The summed E-state index contributed by atoms with van der Waals surface area (Å²) >= 11 is 6.22. The summed E-state index contributed by atoms with van der Waals surface area (Å²) in [5, 5.41) is 31.8. The summed E-state index contributed by atoms with van der Waals surface area (Å²) < 4.78 is 169. The van der Waals surface area contributed by atoms with Crippen LogP contribution in [0.2, 0.25) is 5.02 Å². The number of carbonyl (C=O) groups excluding carboxylic acids is 5. The maximum Gasteiger partial charge on any atom is 0.451 e. The highest BCUT2D eigenvalue weighted by Gasteiger charge is 2.39. The third kappa shape index (κ3) is 28.4. The van der Waals surface area contributed by atoms with Crippen molar-refractivity contribution >= 4 is 126 Å². The minimum absolute atomic E-state index is 0.0397. The molecule has 4 heterocycles. The second kappa shape index (κ2) is 44.5. The Hall–Kier alpha value is -14.2. The Morgan fingerprint density at radius 1 is 0.454 bits per heavy atom. The summed E-state index contributed by atoms with van der Waals surface area (Å²) in [6, 6.07) is 43.5. The normalized spacial score (nSPS) is 12.2. The number of carbonyl (C=O) groups is 5. The van der Waals surface area contributed by atoms with Gasteiger partial charge in [0.25, 0.3) is 5.91 Å². The number of alkyl halides is 12. The van der Waals surface area contributed by atoms with Crippen LogP contribution >= 0.6 is 11.6 Å². The zero-order valence-corrected chi connectivity index (χ0v) is 72.1. The zero-order chi connectivity index (χ0) is 95.0. The predicted molar refractivity (Wildman–Crippen MR) is 468 cm³/mol. The minimum Gasteiger partial charge on any atom is -0.493 e. The summed E-state index contributed by atoms with van der Waals surface area (Å²) in [6.45, 7) is 20.4. The van der Waals surface area contributed by atoms with Gasteiger partial charge >= 0.3 is 48.8 Å². The third-order valence-corrected chi connectivity index (χ3v) is 19.7. The average molecular weight is 1840 g/mol. The van der Waals surface area contributed by atoms with Gasteiger partial charge in [0.2, 0.25) is 23.3 Å². The molecule has 0 fully saturated rings. The highest BCUT2D eigenvalue weighted by Crippen LogP contribution is 2.39. The second-order valence-electron chi connectivity index (χ2n) is 29.6. The molecule has 3 atom stereocenters. The van der Waals surface area contributed by atoms with Gasteiger partial charge in [-0.1, -0.05) is 149 Å². The second-order valence-corrected chi connectivity index (χ2v) is 30.0. The Morgan fingerprint density at radius 3 is 1.27 bits per heavy atom. The van der Waals surface area contributed by atoms with E-state index in [9.17, 15) is 76.7 Å². The number of urea groups is 4. The molecule has 8 aromatic carbocycles. The van der Waals surface area contributed by atoms with Crippen molar-refractivity contribution in [1.82, 2.24) is 72.2 Å². The van der Waals surface area contributed by atoms with Crippen LogP contribution in [0.15, 0.2) is 170 Å². The largest absolute Gasteiger partial charge is 0.493 e. The summed E-state index contributed by atoms with van der Waals surface area (Å²) in [6.07, 6.45) is -17.9. The van der Waals surface area contributed by atoms with Gasteiger partial charge in [0.05, 0.1) is 52.1 Å². The van der Waals surface area contributed by atoms with Crippen LogP contribution in [-0.2, 0) is 34.9 Å². The highest BCUT2D eigenvalue weighted by molar-refractivity contribution is 6.34. The molecule has 0 spiro atoms. The van der Waals surface area contributed by atoms with Crippen LogP contribution in [0.1, 0.15) is 130 Å². The van der Waals surface area contributed by atoms with Gasteiger partial charge in [-0.3, -0.25) is 48.2 Å². The van der Waals surface area contributed by atoms with Crippen molar-refractivity contribution in [3.05, 3.63) is 232 Å². The topological polar surface area (TPSA) is 404 Å². The number of aryl methyl sites for hydroxylation is 4. The van der Waals surface area contributed by atoms with Crippen molar-refractivity contribution < 1.29 is 96.3 Å². The van der Waals surface area contributed by atoms with E-state index >= 15 is 0 Å². The molecular formula is C87H92ClF12N21O9. The van der Waals surface area contributed by atoms with Crippen LogP contribution in [0.3, 0.4) is 0 Å². The van der Waals surface area contributed by atoms with Crippen molar-refractivity contribution in [3.63, 3.8) is 0 Å². The maximum atomic E-state index is 13.3. The number of ether oxygens (including phenoxy) is 2. The maximum absolute atomic E-state index is 13.3. The van der Waals surface area contributed by atoms with Gasteiger partial charge in [-0.15, -0.1) is 0 Å². The molecular weight excluding hydrogens is 1750 g/mol. The Morgan fingerprint density at radius 2 is 0.862 bits per heavy atom. The molecule has 0 saturated carbocycles. The first kappa shape index (κ1) is 99.6. The Labute approximate surface area is 741 Å². The number of amides is 9. The fraction of sp³-hybridized carbons (Fsp3) is 0.299. The first-order chi connectivity index (χ1) is 61.4. The zero-order valence-electron chi connectivity index (χ0n) is 71.3. The summed E-state index contributed by atoms with van der Waals surface area (Å²) in [7, 11) is 0. The van der Waals surface area contributed by atoms with E-state index in [-0.39, 0.29) is 78.8 Å². The fourth-order valence-corrected chi connectivity index (χ4v) is 12.1. The average Bonchev–Trinajstić information content (AvgIpc) is 0.834. The van der Waals surface area contributed by atoms with Gasteiger partial charge in [-0.05, 0) is 172 Å². The van der Waals surface area contributed by atoms with Crippen LogP contribution in [0.4, 0.5) is 112 Å². The molecule has 0 aliphatic heterocycles. The van der Waals surface area contributed by atoms with E-state index in [4.69, 9.17) is 31.3 Å². The minimum atomic E-state index is -4.79. The number of para-hydroxylation sites is 4. The summed E-state index contributed by atoms with van der Waals surface area (Å²) in [5.74, 6) is -4.67. The number of nitrogens with one attached hydrogen (secondary N) is 13. The lowest BCUT2D eigenvalue weighted by Gasteiger charge is -2.26. The number of halogens is 13. The van der Waals surface area contributed by atoms with Gasteiger partial charge in [0.15, 0.2) is 29.4 Å². The van der Waals surface area contributed by atoms with Crippen LogP contribution in [-0.4, -0.2) is 119 Å². The molecule has 15 N–H and O–H groups in total. The number of fused-ring (bicyclic) bond motifs is 4. The van der Waals surface area contributed by atoms with Crippen LogP contribution in [0.25, 0.3) is 43.6 Å². The van der Waals surface area contributed by atoms with E-state index in [1.165, 1.54) is 71.8 Å². The number of rotatable bonds is 27. The molecule has 0 aliphatic carbocycles. The Balaban J connectivity index is 0.000000200. The van der Waals surface area contributed by atoms with Crippen molar-refractivity contribution in [2.75, 3.05) is 64.0 Å². The lowest BCUT2D eigenvalue weighted by atomic mass is 9.80. The van der Waals surface area contributed by atoms with Crippen LogP contribution in [0, 0.1) is 27.7 Å². The summed E-state index contributed by atoms with van der Waals surface area (Å²) in [5.41, 5.74) is 26.4. The van der Waals surface area contributed by atoms with E-state index in [0.29, 0.717) is 59.8 Å². The van der Waals surface area contributed by atoms with Gasteiger partial charge in [0.1, 0.15) is 11.5 Å². The highest BCUT2D eigenvalue weighted by atomic mass is 35.5. The number of nitrogens with zero attached hydrogens (tertiary/aromatic N) is 8. The molecule has 0 saturated heterocycles. The van der Waals surface area contributed by atoms with E-state index in [0.717, 1.165) is 40.8 Å². The summed E-state index contributed by atoms with van der Waals surface area (Å²) in [4.78, 5) is 89.3. The van der Waals surface area contributed by atoms with Crippen molar-refractivity contribution in [1.29, 1.82) is 0 Å². The van der Waals surface area contributed by atoms with Gasteiger partial charge in [-0.25, -0.2) is 59.0 Å². The standard InChI is InChI=1S/C28H26ClF3N6O3.C28H36F3N5O2.C18H16F3N5O.C13H14F3N5O3/c1-4-22(41-23-12-9-15(2)13-16(23)3)25(39)33-17-10-11-19(29)21(14-17)35-27(40)38-37-24-18-7-5-6-8-20(18)34-26(36-24)28(30,31)32;1-6-18(3)21-17-19(27(4,5)7-2)13-14-23(21)38-16-10-15-32-26(37)36-35-24-20-11-8-9-12-22(20)33-25(34-24)28(29,30)31;1-10-7-8-13(11(2)9-10)23-17(27)26-25-15-12-5-3-4-6-14(12)22-16(24-15)18(19,20)21;14-13(15,16)11-18-9-4-2-1-3-8(9)10(19-11)20-21-12(24)17-5-7(23)6-22/h5-14,22H,4H2,1-3H3,(H,33,39)(H,34,36,37)(H2,35,38,40);8-9,11-14,17-18H,6-7,10,15-16H2,1-5H3,(H2,32,36,37)(H,33,34,35);3-9H,1-2H3,(H,22,24,25)(H2,23,26,27);1-4,7,22-23H,5-6H2,(H2,17,21,24)(H,18,19,20). The molecule has 0 radical (unpaired) electrons. The lowest BCUT2D eigenvalue weighted by molar-refractivity contribution is -0.145. The number of hydrogen-bond acceptors (Lipinski definition) is 21. The molecule has 4 aromatic heterocycles. The molecule has 690 valence electrons. The number of hydrazine groups is 4.